The van der Waals surface area contributed by atoms with E-state index in [1.165, 1.54) is 42.8 Å². The summed E-state index contributed by atoms with van der Waals surface area (Å²) in [6, 6.07) is 23.8. The van der Waals surface area contributed by atoms with Gasteiger partial charge >= 0.3 is 0 Å². The first-order valence-electron chi connectivity index (χ1n) is 22.7. The van der Waals surface area contributed by atoms with Gasteiger partial charge in [0.05, 0.1) is 26.1 Å². The third kappa shape index (κ3) is 14.4. The Balaban J connectivity index is 0.000000203. The van der Waals surface area contributed by atoms with E-state index >= 15 is 0 Å². The highest BCUT2D eigenvalue weighted by Crippen LogP contribution is 2.34. The standard InChI is InChI=1S/C14H18N4O2.C14H24N4.C13H20N4O2.C7H3FN2O2/c1-16-8-6-11(7-9-16)17(2)13-4-3-5-14(18(19)20)12(13)10-15;1-17-8-6-11(7-9-17)18(2)14-5-3-4-13(16)12(14)10-15;1-15-8-6-10(7-9-15)16(2)11-4-3-5-12(13(11)14)17(18)19;8-6-2-1-3-7(10(11)12)5(6)4-9/h3-5,11H,6-9H2,1-2H3;3-5,11H,6-10,15-16H2,1-2H3;3-5,10H,6-9,14H2,1-2H3;1-3H. The summed E-state index contributed by atoms with van der Waals surface area (Å²) in [5.41, 5.74) is 21.5. The minimum absolute atomic E-state index is 0.0164. The van der Waals surface area contributed by atoms with Crippen molar-refractivity contribution in [2.24, 2.45) is 5.73 Å². The molecule has 21 heteroatoms. The maximum Gasteiger partial charge on any atom is 0.294 e. The van der Waals surface area contributed by atoms with Crippen molar-refractivity contribution in [3.63, 3.8) is 0 Å². The number of nitrogens with zero attached hydrogens (tertiary/aromatic N) is 11. The molecule has 3 aliphatic rings. The normalized spacial score (nSPS) is 15.9. The van der Waals surface area contributed by atoms with Crippen LogP contribution in [0.3, 0.4) is 0 Å². The van der Waals surface area contributed by atoms with Crippen molar-refractivity contribution >= 4 is 45.5 Å². The van der Waals surface area contributed by atoms with E-state index in [1.807, 2.05) is 43.3 Å². The largest absolute Gasteiger partial charge is 0.398 e. The molecule has 0 radical (unpaired) electrons. The molecule has 20 nitrogen and oxygen atoms in total. The van der Waals surface area contributed by atoms with Crippen LogP contribution in [0.25, 0.3) is 0 Å². The second-order valence-corrected chi connectivity index (χ2v) is 17.5. The summed E-state index contributed by atoms with van der Waals surface area (Å²) in [6.45, 7) is 6.93. The van der Waals surface area contributed by atoms with Crippen LogP contribution in [0.1, 0.15) is 55.2 Å². The maximum atomic E-state index is 12.7. The van der Waals surface area contributed by atoms with Gasteiger partial charge in [-0.1, -0.05) is 24.3 Å². The summed E-state index contributed by atoms with van der Waals surface area (Å²) in [5, 5.41) is 49.7. The third-order valence-electron chi connectivity index (χ3n) is 13.1. The predicted octanol–water partition coefficient (Wildman–Crippen LogP) is 6.57. The summed E-state index contributed by atoms with van der Waals surface area (Å²) >= 11 is 0. The average molecular weight is 953 g/mol. The zero-order chi connectivity index (χ0) is 50.9. The van der Waals surface area contributed by atoms with Crippen LogP contribution in [0.15, 0.2) is 72.8 Å². The summed E-state index contributed by atoms with van der Waals surface area (Å²) in [6.07, 6.45) is 6.50. The lowest BCUT2D eigenvalue weighted by atomic mass is 10.0. The monoisotopic (exact) mass is 953 g/mol. The fourth-order valence-corrected chi connectivity index (χ4v) is 8.75. The van der Waals surface area contributed by atoms with Gasteiger partial charge in [0.2, 0.25) is 0 Å². The molecule has 69 heavy (non-hydrogen) atoms. The van der Waals surface area contributed by atoms with E-state index < -0.39 is 31.8 Å². The number of hydrogen-bond acceptors (Lipinski definition) is 17. The van der Waals surface area contributed by atoms with E-state index in [4.69, 9.17) is 22.5 Å². The first-order chi connectivity index (χ1) is 32.8. The van der Waals surface area contributed by atoms with Crippen molar-refractivity contribution in [3.8, 4) is 12.1 Å². The number of anilines is 5. The van der Waals surface area contributed by atoms with Crippen LogP contribution in [0, 0.1) is 58.8 Å². The zero-order valence-corrected chi connectivity index (χ0v) is 40.3. The van der Waals surface area contributed by atoms with Crippen LogP contribution in [0.2, 0.25) is 0 Å². The van der Waals surface area contributed by atoms with Gasteiger partial charge in [-0.05, 0) is 129 Å². The summed E-state index contributed by atoms with van der Waals surface area (Å²) < 4.78 is 12.7. The van der Waals surface area contributed by atoms with Gasteiger partial charge in [0.15, 0.2) is 11.1 Å². The maximum absolute atomic E-state index is 12.7. The van der Waals surface area contributed by atoms with E-state index in [0.717, 1.165) is 94.0 Å². The van der Waals surface area contributed by atoms with E-state index in [1.54, 1.807) is 18.2 Å². The van der Waals surface area contributed by atoms with Crippen molar-refractivity contribution in [2.75, 3.05) is 108 Å². The molecule has 7 rings (SSSR count). The van der Waals surface area contributed by atoms with E-state index in [2.05, 4.69) is 58.8 Å². The van der Waals surface area contributed by atoms with Crippen LogP contribution >= 0.6 is 0 Å². The number of likely N-dealkylation sites (tertiary alicyclic amines) is 3. The minimum atomic E-state index is -0.869. The number of halogens is 1. The molecule has 3 fully saturated rings. The molecule has 0 amide bonds. The van der Waals surface area contributed by atoms with Crippen LogP contribution in [0.4, 0.5) is 49.9 Å². The number of rotatable bonds is 10. The van der Waals surface area contributed by atoms with Gasteiger partial charge in [0.1, 0.15) is 23.6 Å². The number of hydrogen-bond donors (Lipinski definition) is 3. The molecule has 6 N–H and O–H groups in total. The van der Waals surface area contributed by atoms with Crippen molar-refractivity contribution in [1.82, 2.24) is 14.7 Å². The highest BCUT2D eigenvalue weighted by molar-refractivity contribution is 5.77. The van der Waals surface area contributed by atoms with Gasteiger partial charge in [-0.25, -0.2) is 4.39 Å². The Labute approximate surface area is 403 Å². The minimum Gasteiger partial charge on any atom is -0.398 e. The molecule has 0 aliphatic carbocycles. The Morgan fingerprint density at radius 2 is 0.928 bits per heavy atom. The van der Waals surface area contributed by atoms with Crippen molar-refractivity contribution < 1.29 is 19.2 Å². The highest BCUT2D eigenvalue weighted by Gasteiger charge is 2.27. The second-order valence-electron chi connectivity index (χ2n) is 17.5. The smallest absolute Gasteiger partial charge is 0.294 e. The Morgan fingerprint density at radius 1 is 0.580 bits per heavy atom. The molecule has 0 saturated carbocycles. The van der Waals surface area contributed by atoms with E-state index in [0.29, 0.717) is 30.4 Å². The van der Waals surface area contributed by atoms with Gasteiger partial charge < -0.3 is 46.6 Å². The molecule has 370 valence electrons. The molecule has 4 aromatic rings. The van der Waals surface area contributed by atoms with E-state index in [-0.39, 0.29) is 22.6 Å². The highest BCUT2D eigenvalue weighted by atomic mass is 19.1. The molecule has 0 spiro atoms. The van der Waals surface area contributed by atoms with E-state index in [9.17, 15) is 40.0 Å². The number of nitrogen functional groups attached to an aromatic ring is 2. The Morgan fingerprint density at radius 3 is 1.33 bits per heavy atom. The molecule has 0 aromatic heterocycles. The van der Waals surface area contributed by atoms with Crippen LogP contribution in [0.5, 0.6) is 0 Å². The van der Waals surface area contributed by atoms with Crippen molar-refractivity contribution in [1.29, 1.82) is 10.5 Å². The molecule has 4 aromatic carbocycles. The summed E-state index contributed by atoms with van der Waals surface area (Å²) in [5.74, 6) is -0.869. The van der Waals surface area contributed by atoms with Gasteiger partial charge in [-0.3, -0.25) is 30.3 Å². The topological polar surface area (TPSA) is 274 Å². The lowest BCUT2D eigenvalue weighted by Crippen LogP contribution is -2.42. The average Bonchev–Trinajstić information content (AvgIpc) is 3.34. The Hall–Kier alpha value is -7.17. The van der Waals surface area contributed by atoms with Crippen molar-refractivity contribution in [3.05, 3.63) is 126 Å². The Bertz CT molecular complexity index is 2460. The molecule has 0 unspecified atom stereocenters. The van der Waals surface area contributed by atoms with Crippen LogP contribution < -0.4 is 31.9 Å². The number of nitriles is 2. The van der Waals surface area contributed by atoms with Gasteiger partial charge in [-0.15, -0.1) is 0 Å². The Kier molecular flexibility index (Phi) is 20.4. The molecular formula is C48H65FN14O6. The number of nitro benzene ring substituents is 3. The molecule has 3 heterocycles. The van der Waals surface area contributed by atoms with Crippen molar-refractivity contribution in [2.45, 2.75) is 63.2 Å². The van der Waals surface area contributed by atoms with Gasteiger partial charge in [0, 0.05) is 81.0 Å². The SMILES string of the molecule is CN1CCC(N(C)c2cccc(N)c2CN)CC1.CN1CCC(N(C)c2cccc([N+](=O)[O-])c2C#N)CC1.CN1CCC(N(C)c2cccc([N+](=O)[O-])c2N)CC1.N#Cc1c(F)cccc1[N+](=O)[O-]. The fourth-order valence-electron chi connectivity index (χ4n) is 8.75. The molecular weight excluding hydrogens is 888 g/mol. The quantitative estimate of drug-likeness (QED) is 0.0861. The van der Waals surface area contributed by atoms with Crippen LogP contribution in [-0.2, 0) is 6.54 Å². The summed E-state index contributed by atoms with van der Waals surface area (Å²) in [4.78, 5) is 43.8. The molecule has 3 saturated heterocycles. The number of para-hydroxylation sites is 1. The molecule has 0 atom stereocenters. The number of nitrogens with two attached hydrogens (primary N) is 3. The second kappa shape index (κ2) is 25.8. The lowest BCUT2D eigenvalue weighted by Gasteiger charge is -2.37. The fraction of sp³-hybridized carbons (Fsp3) is 0.458. The molecule has 3 aliphatic heterocycles. The molecule has 0 bridgehead atoms. The van der Waals surface area contributed by atoms with Gasteiger partial charge in [0.25, 0.3) is 17.1 Å². The number of nitro groups is 3. The lowest BCUT2D eigenvalue weighted by molar-refractivity contribution is -0.385. The van der Waals surface area contributed by atoms with Gasteiger partial charge in [-0.2, -0.15) is 10.5 Å². The third-order valence-corrected chi connectivity index (χ3v) is 13.1. The summed E-state index contributed by atoms with van der Waals surface area (Å²) in [7, 11) is 12.4. The van der Waals surface area contributed by atoms with Crippen LogP contribution in [-0.4, -0.2) is 129 Å². The zero-order valence-electron chi connectivity index (χ0n) is 40.3. The first kappa shape index (κ1) is 54.4. The predicted molar refractivity (Wildman–Crippen MR) is 269 cm³/mol. The number of benzene rings is 4. The first-order valence-corrected chi connectivity index (χ1v) is 22.7. The number of piperidine rings is 3.